The molecule has 0 aromatic heterocycles. The first-order valence-electron chi connectivity index (χ1n) is 7.22. The van der Waals surface area contributed by atoms with Crippen LogP contribution >= 0.6 is 0 Å². The van der Waals surface area contributed by atoms with Gasteiger partial charge in [-0.25, -0.2) is 0 Å². The molecule has 118 valence electrons. The number of piperidine rings is 1. The summed E-state index contributed by atoms with van der Waals surface area (Å²) in [5.74, 6) is 0. The van der Waals surface area contributed by atoms with Crippen molar-refractivity contribution in [1.82, 2.24) is 4.90 Å². The summed E-state index contributed by atoms with van der Waals surface area (Å²) in [6.07, 6.45) is 1.56. The molecule has 0 aliphatic carbocycles. The van der Waals surface area contributed by atoms with Crippen LogP contribution in [0.3, 0.4) is 0 Å². The topological polar surface area (TPSA) is 55.0 Å². The number of rotatable bonds is 3. The number of hydrogen-bond donors (Lipinski definition) is 1. The Morgan fingerprint density at radius 2 is 1.64 bits per heavy atom. The van der Waals surface area contributed by atoms with E-state index in [1.807, 2.05) is 30.3 Å². The maximum absolute atomic E-state index is 10.8. The summed E-state index contributed by atoms with van der Waals surface area (Å²) in [4.78, 5) is 2.41. The molecule has 0 spiro atoms. The van der Waals surface area contributed by atoms with Gasteiger partial charge in [0.2, 0.25) is 0 Å². The predicted molar refractivity (Wildman–Crippen MR) is 83.7 cm³/mol. The smallest absolute Gasteiger partial charge is 0.0698 e. The number of aliphatic hydroxyl groups is 1. The minimum Gasteiger partial charge on any atom is -0.412 e. The molecule has 3 nitrogen and oxygen atoms in total. The Bertz CT molecular complexity index is 540. The Labute approximate surface area is 146 Å². The van der Waals surface area contributed by atoms with E-state index in [4.69, 9.17) is 0 Å². The third-order valence-electron chi connectivity index (χ3n) is 4.14. The molecular formula is C18H22NO2W-. The van der Waals surface area contributed by atoms with E-state index in [1.165, 1.54) is 5.56 Å². The zero-order valence-corrected chi connectivity index (χ0v) is 15.5. The van der Waals surface area contributed by atoms with Crippen LogP contribution < -0.4 is 0 Å². The molecule has 0 radical (unpaired) electrons. The molecule has 1 fully saturated rings. The zero-order valence-electron chi connectivity index (χ0n) is 12.5. The quantitative estimate of drug-likeness (QED) is 0.703. The van der Waals surface area contributed by atoms with Gasteiger partial charge in [0.25, 0.3) is 0 Å². The summed E-state index contributed by atoms with van der Waals surface area (Å²) in [7, 11) is 0. The standard InChI is InChI=1S/C18H20NO.H2O.W/c20-18(17-9-5-2-6-10-17)11-13-19(14-12-18)15-16-7-3-1-4-8-16;;/h1-9,20H,11-15H2;1H2;/q-1;;. The Morgan fingerprint density at radius 1 is 1.00 bits per heavy atom. The molecule has 3 N–H and O–H groups in total. The van der Waals surface area contributed by atoms with Crippen LogP contribution in [0.2, 0.25) is 0 Å². The van der Waals surface area contributed by atoms with E-state index in [-0.39, 0.29) is 26.5 Å². The first kappa shape index (κ1) is 19.1. The van der Waals surface area contributed by atoms with Crippen LogP contribution in [-0.2, 0) is 33.2 Å². The monoisotopic (exact) mass is 468 g/mol. The van der Waals surface area contributed by atoms with E-state index in [1.54, 1.807) is 0 Å². The number of likely N-dealkylation sites (tertiary alicyclic amines) is 1. The molecular weight excluding hydrogens is 446 g/mol. The minimum absolute atomic E-state index is 0. The molecule has 2 aromatic carbocycles. The van der Waals surface area contributed by atoms with Crippen molar-refractivity contribution in [3.05, 3.63) is 71.8 Å². The molecule has 1 aliphatic heterocycles. The Hall–Kier alpha value is -0.992. The summed E-state index contributed by atoms with van der Waals surface area (Å²) in [6, 6.07) is 21.5. The van der Waals surface area contributed by atoms with Gasteiger partial charge in [-0.15, -0.1) is 5.56 Å². The SMILES string of the molecule is O.OC1(c2[c-]cccc2)CCN(Cc2ccccc2)CC1.[W]. The van der Waals surface area contributed by atoms with Gasteiger partial charge in [0.15, 0.2) is 0 Å². The first-order valence-corrected chi connectivity index (χ1v) is 7.22. The molecule has 0 saturated carbocycles. The Morgan fingerprint density at radius 3 is 2.23 bits per heavy atom. The molecule has 22 heavy (non-hydrogen) atoms. The Balaban J connectivity index is 0.00000121. The fourth-order valence-electron chi connectivity index (χ4n) is 2.87. The van der Waals surface area contributed by atoms with Crippen LogP contribution in [0.4, 0.5) is 0 Å². The van der Waals surface area contributed by atoms with Crippen molar-refractivity contribution in [3.8, 4) is 0 Å². The second-order valence-corrected chi connectivity index (χ2v) is 5.57. The number of nitrogens with zero attached hydrogens (tertiary/aromatic N) is 1. The first-order chi connectivity index (χ1) is 9.76. The molecule has 0 atom stereocenters. The summed E-state index contributed by atoms with van der Waals surface area (Å²) in [6.45, 7) is 2.82. The van der Waals surface area contributed by atoms with Gasteiger partial charge in [0, 0.05) is 40.7 Å². The third-order valence-corrected chi connectivity index (χ3v) is 4.14. The van der Waals surface area contributed by atoms with Crippen molar-refractivity contribution < 1.29 is 31.6 Å². The van der Waals surface area contributed by atoms with E-state index in [0.29, 0.717) is 0 Å². The number of hydrogen-bond acceptors (Lipinski definition) is 2. The van der Waals surface area contributed by atoms with Crippen molar-refractivity contribution in [2.45, 2.75) is 25.0 Å². The summed E-state index contributed by atoms with van der Waals surface area (Å²) in [5.41, 5.74) is 1.57. The molecule has 2 aromatic rings. The van der Waals surface area contributed by atoms with Crippen molar-refractivity contribution in [3.63, 3.8) is 0 Å². The van der Waals surface area contributed by atoms with Crippen LogP contribution in [-0.4, -0.2) is 28.6 Å². The Kier molecular flexibility index (Phi) is 7.44. The predicted octanol–water partition coefficient (Wildman–Crippen LogP) is 2.14. The van der Waals surface area contributed by atoms with Crippen LogP contribution in [0, 0.1) is 6.07 Å². The largest absolute Gasteiger partial charge is 0.412 e. The molecule has 0 amide bonds. The molecule has 1 aliphatic rings. The van der Waals surface area contributed by atoms with Crippen LogP contribution in [0.1, 0.15) is 24.0 Å². The van der Waals surface area contributed by atoms with Gasteiger partial charge >= 0.3 is 0 Å². The van der Waals surface area contributed by atoms with Crippen molar-refractivity contribution in [1.29, 1.82) is 0 Å². The minimum atomic E-state index is -0.700. The van der Waals surface area contributed by atoms with E-state index in [2.05, 4.69) is 35.2 Å². The average Bonchev–Trinajstić information content (AvgIpc) is 2.52. The van der Waals surface area contributed by atoms with E-state index < -0.39 is 5.60 Å². The van der Waals surface area contributed by atoms with Crippen molar-refractivity contribution in [2.24, 2.45) is 0 Å². The van der Waals surface area contributed by atoms with E-state index in [0.717, 1.165) is 38.0 Å². The second kappa shape index (κ2) is 8.59. The molecule has 4 heteroatoms. The number of benzene rings is 2. The molecule has 0 bridgehead atoms. The molecule has 1 heterocycles. The second-order valence-electron chi connectivity index (χ2n) is 5.57. The molecule has 3 rings (SSSR count). The van der Waals surface area contributed by atoms with Gasteiger partial charge in [-0.1, -0.05) is 30.3 Å². The average molecular weight is 468 g/mol. The fourth-order valence-corrected chi connectivity index (χ4v) is 2.87. The van der Waals surface area contributed by atoms with Gasteiger partial charge in [-0.2, -0.15) is 30.3 Å². The van der Waals surface area contributed by atoms with E-state index in [9.17, 15) is 5.11 Å². The van der Waals surface area contributed by atoms with Crippen molar-refractivity contribution >= 4 is 0 Å². The normalized spacial score (nSPS) is 17.1. The van der Waals surface area contributed by atoms with Crippen LogP contribution in [0.5, 0.6) is 0 Å². The fraction of sp³-hybridized carbons (Fsp3) is 0.333. The zero-order chi connectivity index (χ0) is 13.8. The summed E-state index contributed by atoms with van der Waals surface area (Å²) >= 11 is 0. The molecule has 1 saturated heterocycles. The van der Waals surface area contributed by atoms with Crippen LogP contribution in [0.25, 0.3) is 0 Å². The third kappa shape index (κ3) is 4.50. The maximum atomic E-state index is 10.8. The van der Waals surface area contributed by atoms with Gasteiger partial charge in [-0.3, -0.25) is 4.90 Å². The maximum Gasteiger partial charge on any atom is 0.0698 e. The van der Waals surface area contributed by atoms with Crippen molar-refractivity contribution in [2.75, 3.05) is 13.1 Å². The molecule has 0 unspecified atom stereocenters. The van der Waals surface area contributed by atoms with Gasteiger partial charge < -0.3 is 10.6 Å². The summed E-state index contributed by atoms with van der Waals surface area (Å²) < 4.78 is 0. The van der Waals surface area contributed by atoms with Gasteiger partial charge in [0.1, 0.15) is 0 Å². The van der Waals surface area contributed by atoms with Crippen LogP contribution in [0.15, 0.2) is 54.6 Å². The van der Waals surface area contributed by atoms with E-state index >= 15 is 0 Å². The van der Waals surface area contributed by atoms with Gasteiger partial charge in [-0.05, 0) is 18.4 Å². The van der Waals surface area contributed by atoms with Gasteiger partial charge in [0.05, 0.1) is 5.60 Å². The summed E-state index contributed by atoms with van der Waals surface area (Å²) in [5, 5.41) is 10.8.